The molecule has 5 N–H and O–H groups in total. The van der Waals surface area contributed by atoms with Crippen molar-refractivity contribution in [2.45, 2.75) is 18.2 Å². The molecule has 0 atom stereocenters. The number of pyridine rings is 1. The third-order valence-electron chi connectivity index (χ3n) is 3.11. The molecule has 0 aliphatic rings. The van der Waals surface area contributed by atoms with Gasteiger partial charge in [0.2, 0.25) is 10.0 Å². The Morgan fingerprint density at radius 2 is 2.05 bits per heavy atom. The third kappa shape index (κ3) is 3.93. The normalized spacial score (nSPS) is 11.3. The zero-order chi connectivity index (χ0) is 15.5. The van der Waals surface area contributed by atoms with Crippen LogP contribution in [0.25, 0.3) is 0 Å². The van der Waals surface area contributed by atoms with Crippen LogP contribution in [0, 0.1) is 6.92 Å². The minimum Gasteiger partial charge on any atom is -0.399 e. The number of aromatic nitrogens is 1. The molecule has 1 aromatic carbocycles. The summed E-state index contributed by atoms with van der Waals surface area (Å²) >= 11 is 0. The highest BCUT2D eigenvalue weighted by Gasteiger charge is 2.15. The summed E-state index contributed by atoms with van der Waals surface area (Å²) in [6, 6.07) is 8.78. The molecular formula is C14H18N4O2S. The van der Waals surface area contributed by atoms with Gasteiger partial charge in [0.05, 0.1) is 4.90 Å². The lowest BCUT2D eigenvalue weighted by Crippen LogP contribution is -2.16. The third-order valence-corrected chi connectivity index (χ3v) is 4.15. The van der Waals surface area contributed by atoms with E-state index in [2.05, 4.69) is 10.3 Å². The fourth-order valence-corrected chi connectivity index (χ4v) is 2.90. The summed E-state index contributed by atoms with van der Waals surface area (Å²) in [6.45, 7) is 2.31. The molecule has 0 amide bonds. The maximum Gasteiger partial charge on any atom is 0.238 e. The number of rotatable bonds is 5. The van der Waals surface area contributed by atoms with Crippen LogP contribution in [-0.4, -0.2) is 19.9 Å². The SMILES string of the molecule is Cc1c(NCCc2ccccn2)cc(N)cc1S(N)(=O)=O. The predicted octanol–water partition coefficient (Wildman–Crippen LogP) is 1.27. The van der Waals surface area contributed by atoms with E-state index >= 15 is 0 Å². The Kier molecular flexibility index (Phi) is 4.44. The van der Waals surface area contributed by atoms with Crippen LogP contribution in [0.4, 0.5) is 11.4 Å². The van der Waals surface area contributed by atoms with Gasteiger partial charge in [0.15, 0.2) is 0 Å². The van der Waals surface area contributed by atoms with Crippen molar-refractivity contribution in [2.24, 2.45) is 5.14 Å². The number of primary sulfonamides is 1. The number of sulfonamides is 1. The molecule has 0 bridgehead atoms. The van der Waals surface area contributed by atoms with Crippen LogP contribution in [0.3, 0.4) is 0 Å². The topological polar surface area (TPSA) is 111 Å². The molecule has 0 aliphatic carbocycles. The summed E-state index contributed by atoms with van der Waals surface area (Å²) in [4.78, 5) is 4.27. The van der Waals surface area contributed by atoms with Crippen molar-refractivity contribution in [3.05, 3.63) is 47.8 Å². The van der Waals surface area contributed by atoms with Crippen molar-refractivity contribution < 1.29 is 8.42 Å². The van der Waals surface area contributed by atoms with E-state index in [4.69, 9.17) is 10.9 Å². The van der Waals surface area contributed by atoms with Crippen molar-refractivity contribution in [1.29, 1.82) is 0 Å². The van der Waals surface area contributed by atoms with Gasteiger partial charge in [0, 0.05) is 36.2 Å². The second-order valence-corrected chi connectivity index (χ2v) is 6.26. The lowest BCUT2D eigenvalue weighted by atomic mass is 10.1. The molecule has 0 radical (unpaired) electrons. The maximum atomic E-state index is 11.5. The zero-order valence-electron chi connectivity index (χ0n) is 11.7. The van der Waals surface area contributed by atoms with Gasteiger partial charge in [-0.05, 0) is 36.8 Å². The van der Waals surface area contributed by atoms with Crippen molar-refractivity contribution in [3.8, 4) is 0 Å². The Hall–Kier alpha value is -2.12. The van der Waals surface area contributed by atoms with Gasteiger partial charge in [-0.1, -0.05) is 6.07 Å². The van der Waals surface area contributed by atoms with E-state index in [1.54, 1.807) is 19.2 Å². The number of nitrogens with zero attached hydrogens (tertiary/aromatic N) is 1. The fraction of sp³-hybridized carbons (Fsp3) is 0.214. The first-order valence-corrected chi connectivity index (χ1v) is 7.99. The minimum absolute atomic E-state index is 0.0443. The lowest BCUT2D eigenvalue weighted by molar-refractivity contribution is 0.597. The predicted molar refractivity (Wildman–Crippen MR) is 83.4 cm³/mol. The standard InChI is InChI=1S/C14H18N4O2S/c1-10-13(8-11(15)9-14(10)21(16,19)20)18-7-5-12-4-2-3-6-17-12/h2-4,6,8-9,18H,5,7,15H2,1H3,(H2,16,19,20). The quantitative estimate of drug-likeness (QED) is 0.720. The number of benzene rings is 1. The largest absolute Gasteiger partial charge is 0.399 e. The number of hydrogen-bond donors (Lipinski definition) is 3. The second kappa shape index (κ2) is 6.11. The van der Waals surface area contributed by atoms with E-state index in [0.29, 0.717) is 23.5 Å². The molecule has 7 heteroatoms. The number of hydrogen-bond acceptors (Lipinski definition) is 5. The van der Waals surface area contributed by atoms with Crippen molar-refractivity contribution in [1.82, 2.24) is 4.98 Å². The van der Waals surface area contributed by atoms with E-state index < -0.39 is 10.0 Å². The Bertz CT molecular complexity index is 730. The highest BCUT2D eigenvalue weighted by atomic mass is 32.2. The van der Waals surface area contributed by atoms with Gasteiger partial charge in [0.1, 0.15) is 0 Å². The smallest absolute Gasteiger partial charge is 0.238 e. The van der Waals surface area contributed by atoms with E-state index in [9.17, 15) is 8.42 Å². The van der Waals surface area contributed by atoms with Crippen LogP contribution in [0.5, 0.6) is 0 Å². The molecule has 0 aliphatic heterocycles. The van der Waals surface area contributed by atoms with Gasteiger partial charge >= 0.3 is 0 Å². The molecule has 0 spiro atoms. The summed E-state index contributed by atoms with van der Waals surface area (Å²) in [6.07, 6.45) is 2.46. The fourth-order valence-electron chi connectivity index (χ4n) is 2.06. The molecule has 0 fully saturated rings. The van der Waals surface area contributed by atoms with Gasteiger partial charge in [-0.3, -0.25) is 4.98 Å². The second-order valence-electron chi connectivity index (χ2n) is 4.73. The van der Waals surface area contributed by atoms with Gasteiger partial charge in [-0.2, -0.15) is 0 Å². The highest BCUT2D eigenvalue weighted by molar-refractivity contribution is 7.89. The molecular weight excluding hydrogens is 288 g/mol. The monoisotopic (exact) mass is 306 g/mol. The van der Waals surface area contributed by atoms with Gasteiger partial charge in [-0.15, -0.1) is 0 Å². The van der Waals surface area contributed by atoms with Crippen LogP contribution in [0.15, 0.2) is 41.4 Å². The summed E-state index contributed by atoms with van der Waals surface area (Å²) in [7, 11) is -3.79. The summed E-state index contributed by atoms with van der Waals surface area (Å²) in [5.41, 5.74) is 8.27. The van der Waals surface area contributed by atoms with Gasteiger partial charge in [-0.25, -0.2) is 13.6 Å². The first-order chi connectivity index (χ1) is 9.88. The molecule has 21 heavy (non-hydrogen) atoms. The van der Waals surface area contributed by atoms with E-state index in [1.165, 1.54) is 6.07 Å². The first-order valence-electron chi connectivity index (χ1n) is 6.44. The molecule has 112 valence electrons. The lowest BCUT2D eigenvalue weighted by Gasteiger charge is -2.13. The molecule has 1 heterocycles. The molecule has 0 saturated carbocycles. The highest BCUT2D eigenvalue weighted by Crippen LogP contribution is 2.25. The van der Waals surface area contributed by atoms with Crippen molar-refractivity contribution in [3.63, 3.8) is 0 Å². The number of nitrogens with two attached hydrogens (primary N) is 2. The Balaban J connectivity index is 2.15. The molecule has 2 aromatic rings. The molecule has 0 unspecified atom stereocenters. The summed E-state index contributed by atoms with van der Waals surface area (Å²) < 4.78 is 23.1. The van der Waals surface area contributed by atoms with Crippen LogP contribution in [0.1, 0.15) is 11.3 Å². The van der Waals surface area contributed by atoms with Gasteiger partial charge in [0.25, 0.3) is 0 Å². The Morgan fingerprint density at radius 3 is 2.67 bits per heavy atom. The number of nitrogen functional groups attached to an aromatic ring is 1. The Labute approximate surface area is 124 Å². The zero-order valence-corrected chi connectivity index (χ0v) is 12.5. The summed E-state index contributed by atoms with van der Waals surface area (Å²) in [5.74, 6) is 0. The molecule has 2 rings (SSSR count). The maximum absolute atomic E-state index is 11.5. The molecule has 6 nitrogen and oxygen atoms in total. The van der Waals surface area contributed by atoms with E-state index in [0.717, 1.165) is 12.1 Å². The van der Waals surface area contributed by atoms with Crippen molar-refractivity contribution in [2.75, 3.05) is 17.6 Å². The molecule has 0 saturated heterocycles. The molecule has 1 aromatic heterocycles. The Morgan fingerprint density at radius 1 is 1.29 bits per heavy atom. The number of nitrogens with one attached hydrogen (secondary N) is 1. The van der Waals surface area contributed by atoms with Crippen LogP contribution in [-0.2, 0) is 16.4 Å². The average molecular weight is 306 g/mol. The van der Waals surface area contributed by atoms with Crippen LogP contribution >= 0.6 is 0 Å². The minimum atomic E-state index is -3.79. The number of anilines is 2. The van der Waals surface area contributed by atoms with Crippen LogP contribution < -0.4 is 16.2 Å². The first kappa shape index (κ1) is 15.3. The van der Waals surface area contributed by atoms with E-state index in [1.807, 2.05) is 18.2 Å². The van der Waals surface area contributed by atoms with Gasteiger partial charge < -0.3 is 11.1 Å². The summed E-state index contributed by atoms with van der Waals surface area (Å²) in [5, 5.41) is 8.37. The van der Waals surface area contributed by atoms with Crippen molar-refractivity contribution >= 4 is 21.4 Å². The van der Waals surface area contributed by atoms with E-state index in [-0.39, 0.29) is 4.90 Å². The average Bonchev–Trinajstić information content (AvgIpc) is 2.42. The van der Waals surface area contributed by atoms with Crippen LogP contribution in [0.2, 0.25) is 0 Å².